The Morgan fingerprint density at radius 2 is 1.17 bits per heavy atom. The molecular formula is C30H62N2OS2. The quantitative estimate of drug-likeness (QED) is 0.283. The first-order valence-corrected chi connectivity index (χ1v) is 16.9. The van der Waals surface area contributed by atoms with Crippen LogP contribution in [0.25, 0.3) is 0 Å². The molecule has 0 bridgehead atoms. The van der Waals surface area contributed by atoms with E-state index in [1.165, 1.54) is 89.9 Å². The summed E-state index contributed by atoms with van der Waals surface area (Å²) in [5.41, 5.74) is 6.28. The van der Waals surface area contributed by atoms with E-state index in [-0.39, 0.29) is 6.10 Å². The maximum absolute atomic E-state index is 11.4. The van der Waals surface area contributed by atoms with Crippen LogP contribution in [0.4, 0.5) is 0 Å². The summed E-state index contributed by atoms with van der Waals surface area (Å²) in [7, 11) is 0. The van der Waals surface area contributed by atoms with Crippen molar-refractivity contribution in [2.75, 3.05) is 12.5 Å². The van der Waals surface area contributed by atoms with Crippen molar-refractivity contribution >= 4 is 25.3 Å². The highest BCUT2D eigenvalue weighted by Gasteiger charge is 2.42. The third-order valence-corrected chi connectivity index (χ3v) is 9.55. The molecule has 0 aromatic rings. The van der Waals surface area contributed by atoms with Crippen molar-refractivity contribution in [3.63, 3.8) is 0 Å². The fourth-order valence-electron chi connectivity index (χ4n) is 7.59. The van der Waals surface area contributed by atoms with Gasteiger partial charge in [-0.25, -0.2) is 0 Å². The molecule has 4 aliphatic carbocycles. The summed E-state index contributed by atoms with van der Waals surface area (Å²) in [4.78, 5) is 2.91. The van der Waals surface area contributed by atoms with Crippen LogP contribution in [0.15, 0.2) is 0 Å². The largest absolute Gasteiger partial charge is 0.391 e. The summed E-state index contributed by atoms with van der Waals surface area (Å²) >= 11 is 7.06. The molecule has 210 valence electrons. The Morgan fingerprint density at radius 3 is 1.71 bits per heavy atom. The Balaban J connectivity index is 0.000000949. The minimum Gasteiger partial charge on any atom is -0.391 e. The van der Waals surface area contributed by atoms with E-state index in [1.54, 1.807) is 12.5 Å². The number of nitrogens with zero attached hydrogens (tertiary/aromatic N) is 1. The molecule has 0 radical (unpaired) electrons. The van der Waals surface area contributed by atoms with Crippen molar-refractivity contribution < 1.29 is 5.11 Å². The number of hydrogen-bond acceptors (Lipinski definition) is 5. The number of nitrogens with two attached hydrogens (primary N) is 1. The molecule has 0 amide bonds. The predicted molar refractivity (Wildman–Crippen MR) is 163 cm³/mol. The van der Waals surface area contributed by atoms with Crippen LogP contribution >= 0.6 is 25.3 Å². The van der Waals surface area contributed by atoms with Crippen LogP contribution in [0.1, 0.15) is 124 Å². The lowest BCUT2D eigenvalue weighted by atomic mass is 9.67. The van der Waals surface area contributed by atoms with E-state index in [4.69, 9.17) is 5.73 Å². The fraction of sp³-hybridized carbons (Fsp3) is 1.00. The molecule has 0 aromatic carbocycles. The van der Waals surface area contributed by atoms with Gasteiger partial charge >= 0.3 is 0 Å². The summed E-state index contributed by atoms with van der Waals surface area (Å²) < 4.78 is 0. The lowest BCUT2D eigenvalue weighted by molar-refractivity contribution is -0.0634. The lowest BCUT2D eigenvalue weighted by Crippen LogP contribution is -2.57. The van der Waals surface area contributed by atoms with Crippen LogP contribution in [-0.2, 0) is 0 Å². The SMILES string of the molecule is CC.CC1CCC(N(C2CCCCC2)C2CCC(C3CCC(N)C(C)C3)CC2O)CC1.CS.CS. The molecule has 6 atom stereocenters. The second-order valence-electron chi connectivity index (χ2n) is 11.6. The maximum atomic E-state index is 11.4. The van der Waals surface area contributed by atoms with Crippen molar-refractivity contribution in [1.29, 1.82) is 0 Å². The summed E-state index contributed by atoms with van der Waals surface area (Å²) in [6.07, 6.45) is 23.1. The van der Waals surface area contributed by atoms with Crippen molar-refractivity contribution in [3.05, 3.63) is 0 Å². The molecule has 0 spiro atoms. The molecule has 4 rings (SSSR count). The van der Waals surface area contributed by atoms with Gasteiger partial charge in [-0.15, -0.1) is 0 Å². The van der Waals surface area contributed by atoms with Gasteiger partial charge in [0.1, 0.15) is 0 Å². The van der Waals surface area contributed by atoms with Gasteiger partial charge in [-0.05, 0) is 113 Å². The molecule has 3 nitrogen and oxygen atoms in total. The van der Waals surface area contributed by atoms with Crippen molar-refractivity contribution in [3.8, 4) is 0 Å². The maximum Gasteiger partial charge on any atom is 0.0698 e. The van der Waals surface area contributed by atoms with E-state index >= 15 is 0 Å². The first-order valence-electron chi connectivity index (χ1n) is 15.1. The summed E-state index contributed by atoms with van der Waals surface area (Å²) in [6, 6.07) is 2.31. The van der Waals surface area contributed by atoms with E-state index < -0.39 is 0 Å². The van der Waals surface area contributed by atoms with E-state index in [0.29, 0.717) is 18.0 Å². The van der Waals surface area contributed by atoms with Gasteiger partial charge in [0.15, 0.2) is 0 Å². The van der Waals surface area contributed by atoms with Crippen molar-refractivity contribution in [2.45, 2.75) is 154 Å². The van der Waals surface area contributed by atoms with Gasteiger partial charge < -0.3 is 10.8 Å². The van der Waals surface area contributed by atoms with E-state index in [0.717, 1.165) is 36.3 Å². The van der Waals surface area contributed by atoms with Gasteiger partial charge in [0.2, 0.25) is 0 Å². The van der Waals surface area contributed by atoms with Gasteiger partial charge in [0, 0.05) is 24.2 Å². The van der Waals surface area contributed by atoms with E-state index in [1.807, 2.05) is 13.8 Å². The predicted octanol–water partition coefficient (Wildman–Crippen LogP) is 7.61. The number of thiol groups is 2. The summed E-state index contributed by atoms with van der Waals surface area (Å²) in [5.74, 6) is 3.10. The zero-order chi connectivity index (χ0) is 26.4. The van der Waals surface area contributed by atoms with Gasteiger partial charge in [-0.3, -0.25) is 4.90 Å². The van der Waals surface area contributed by atoms with Crippen LogP contribution in [0.5, 0.6) is 0 Å². The first kappa shape index (κ1) is 33.6. The smallest absolute Gasteiger partial charge is 0.0698 e. The number of rotatable bonds is 4. The Bertz CT molecular complexity index is 509. The molecule has 5 heteroatoms. The number of hydrogen-bond donors (Lipinski definition) is 4. The Kier molecular flexibility index (Phi) is 18.0. The van der Waals surface area contributed by atoms with Gasteiger partial charge in [0.05, 0.1) is 6.10 Å². The molecule has 0 saturated heterocycles. The molecule has 4 aliphatic rings. The van der Waals surface area contributed by atoms with Crippen LogP contribution in [0, 0.1) is 23.7 Å². The Hall–Kier alpha value is 0.580. The van der Waals surface area contributed by atoms with Crippen LogP contribution < -0.4 is 5.73 Å². The molecule has 0 heterocycles. The number of aliphatic hydroxyl groups is 1. The zero-order valence-corrected chi connectivity index (χ0v) is 26.0. The molecule has 0 aromatic heterocycles. The fourth-order valence-corrected chi connectivity index (χ4v) is 7.59. The zero-order valence-electron chi connectivity index (χ0n) is 24.2. The topological polar surface area (TPSA) is 49.5 Å². The van der Waals surface area contributed by atoms with Crippen molar-refractivity contribution in [1.82, 2.24) is 4.90 Å². The standard InChI is InChI=1S/C26H48N2O.C2H6.2CH4S/c1-18-8-12-23(13-9-18)28(22-6-4-3-5-7-22)25-15-11-21(17-26(25)29)20-10-14-24(27)19(2)16-20;3*1-2/h18-26,29H,3-17,27H2,1-2H3;1-2H3;2*2H,1H3. The second-order valence-corrected chi connectivity index (χ2v) is 11.6. The summed E-state index contributed by atoms with van der Waals surface area (Å²) in [6.45, 7) is 8.77. The van der Waals surface area contributed by atoms with Crippen LogP contribution in [-0.4, -0.2) is 52.8 Å². The molecule has 3 N–H and O–H groups in total. The molecule has 4 fully saturated rings. The third kappa shape index (κ3) is 10.0. The monoisotopic (exact) mass is 530 g/mol. The summed E-state index contributed by atoms with van der Waals surface area (Å²) in [5, 5.41) is 11.4. The molecule has 6 unspecified atom stereocenters. The highest BCUT2D eigenvalue weighted by atomic mass is 32.1. The highest BCUT2D eigenvalue weighted by Crippen LogP contribution is 2.43. The lowest BCUT2D eigenvalue weighted by Gasteiger charge is -2.51. The van der Waals surface area contributed by atoms with Gasteiger partial charge in [-0.1, -0.05) is 47.0 Å². The number of aliphatic hydroxyl groups excluding tert-OH is 1. The van der Waals surface area contributed by atoms with Gasteiger partial charge in [0.25, 0.3) is 0 Å². The second kappa shape index (κ2) is 18.8. The average molecular weight is 531 g/mol. The molecule has 35 heavy (non-hydrogen) atoms. The first-order chi connectivity index (χ1) is 17.0. The Labute approximate surface area is 231 Å². The molecular weight excluding hydrogens is 468 g/mol. The van der Waals surface area contributed by atoms with Gasteiger partial charge in [-0.2, -0.15) is 25.3 Å². The van der Waals surface area contributed by atoms with Crippen LogP contribution in [0.2, 0.25) is 0 Å². The van der Waals surface area contributed by atoms with Crippen molar-refractivity contribution in [2.24, 2.45) is 29.4 Å². The average Bonchev–Trinajstić information content (AvgIpc) is 2.92. The van der Waals surface area contributed by atoms with Crippen LogP contribution in [0.3, 0.4) is 0 Å². The molecule has 4 saturated carbocycles. The highest BCUT2D eigenvalue weighted by molar-refractivity contribution is 7.79. The minimum absolute atomic E-state index is 0.110. The minimum atomic E-state index is -0.110. The van der Waals surface area contributed by atoms with E-state index in [2.05, 4.69) is 44.0 Å². The Morgan fingerprint density at radius 1 is 0.657 bits per heavy atom. The normalized spacial score (nSPS) is 38.1. The third-order valence-electron chi connectivity index (χ3n) is 9.55. The van der Waals surface area contributed by atoms with E-state index in [9.17, 15) is 5.11 Å². The molecule has 0 aliphatic heterocycles.